The number of carboxylic acids is 1. The Morgan fingerprint density at radius 2 is 1.74 bits per heavy atom. The number of amides is 3. The Bertz CT molecular complexity index is 1110. The zero-order valence-corrected chi connectivity index (χ0v) is 21.8. The fourth-order valence-electron chi connectivity index (χ4n) is 3.70. The van der Waals surface area contributed by atoms with Crippen molar-refractivity contribution in [2.75, 3.05) is 7.05 Å². The van der Waals surface area contributed by atoms with Gasteiger partial charge in [0.2, 0.25) is 0 Å². The van der Waals surface area contributed by atoms with Crippen LogP contribution in [0, 0.1) is 6.92 Å². The van der Waals surface area contributed by atoms with Gasteiger partial charge in [-0.2, -0.15) is 0 Å². The third kappa shape index (κ3) is 7.03. The molecule has 0 fully saturated rings. The van der Waals surface area contributed by atoms with Crippen molar-refractivity contribution >= 4 is 23.7 Å². The smallest absolute Gasteiger partial charge is 0.550 e. The average Bonchev–Trinajstić information content (AvgIpc) is 2.76. The first-order chi connectivity index (χ1) is 15.6. The minimum atomic E-state index is -1.36. The Hall–Kier alpha value is -2.94. The molecule has 1 aliphatic heterocycles. The Kier molecular flexibility index (Phi) is 9.61. The number of carboxylic acid groups (broad SMARTS) is 1. The van der Waals surface area contributed by atoms with E-state index in [1.807, 2.05) is 43.3 Å². The van der Waals surface area contributed by atoms with Crippen LogP contribution in [-0.4, -0.2) is 41.7 Å². The van der Waals surface area contributed by atoms with Gasteiger partial charge in [0, 0.05) is 31.2 Å². The molecule has 2 aromatic carbocycles. The first kappa shape index (κ1) is 27.3. The van der Waals surface area contributed by atoms with Crippen LogP contribution in [0.1, 0.15) is 41.6 Å². The quantitative estimate of drug-likeness (QED) is 0.372. The normalized spacial score (nSPS) is 16.3. The summed E-state index contributed by atoms with van der Waals surface area (Å²) in [4.78, 5) is 49.8. The summed E-state index contributed by atoms with van der Waals surface area (Å²) in [6.45, 7) is 3.56. The predicted octanol–water partition coefficient (Wildman–Crippen LogP) is -1.62. The maximum absolute atomic E-state index is 12.6. The van der Waals surface area contributed by atoms with Crippen LogP contribution in [0.3, 0.4) is 0 Å². The number of nitrogens with one attached hydrogen (secondary N) is 2. The summed E-state index contributed by atoms with van der Waals surface area (Å²) in [7, 11) is 1.49. The molecule has 0 bridgehead atoms. The molecule has 0 aliphatic carbocycles. The summed E-state index contributed by atoms with van der Waals surface area (Å²) >= 11 is 0. The molecule has 0 saturated carbocycles. The molecule has 0 aromatic heterocycles. The largest absolute Gasteiger partial charge is 1.00 e. The zero-order valence-electron chi connectivity index (χ0n) is 19.8. The minimum Gasteiger partial charge on any atom is -0.550 e. The van der Waals surface area contributed by atoms with Crippen LogP contribution in [-0.2, 0) is 20.8 Å². The number of hydrogen-bond donors (Lipinski definition) is 2. The van der Waals surface area contributed by atoms with Gasteiger partial charge in [0.25, 0.3) is 5.91 Å². The van der Waals surface area contributed by atoms with Gasteiger partial charge in [-0.05, 0) is 37.0 Å². The first-order valence-corrected chi connectivity index (χ1v) is 10.5. The SMILES string of the molecule is CC1=CN(C)C(=O)C(NC(=O)N[C@@H](CC(=O)[O-])c2cccc(Cc3ccc(C)cc3)c2)C1=O.[Na+]. The monoisotopic (exact) mass is 471 g/mol. The van der Waals surface area contributed by atoms with Gasteiger partial charge in [0.1, 0.15) is 0 Å². The molecule has 3 amide bonds. The molecule has 0 radical (unpaired) electrons. The third-order valence-electron chi connectivity index (χ3n) is 5.47. The molecule has 1 aliphatic rings. The van der Waals surface area contributed by atoms with Crippen molar-refractivity contribution in [1.82, 2.24) is 15.5 Å². The van der Waals surface area contributed by atoms with Gasteiger partial charge < -0.3 is 25.4 Å². The molecular weight excluding hydrogens is 445 g/mol. The number of urea groups is 1. The van der Waals surface area contributed by atoms with Crippen molar-refractivity contribution < 1.29 is 53.8 Å². The molecule has 0 saturated heterocycles. The predicted molar refractivity (Wildman–Crippen MR) is 120 cm³/mol. The number of carbonyl (C=O) groups excluding carboxylic acids is 4. The number of aliphatic carboxylic acids is 1. The average molecular weight is 471 g/mol. The topological polar surface area (TPSA) is 119 Å². The molecule has 1 heterocycles. The van der Waals surface area contributed by atoms with Crippen LogP contribution in [0.25, 0.3) is 0 Å². The standard InChI is InChI=1S/C25H27N3O5.Na/c1-15-7-9-17(10-8-15)11-18-5-4-6-19(12-18)20(13-21(29)30)26-25(33)27-22-23(31)16(2)14-28(3)24(22)32;/h4-10,12,14,20,22H,11,13H2,1-3H3,(H,29,30)(H2,26,27,33);/q;+1/p-1/t20-,22?;/m0./s1. The number of ketones is 1. The fraction of sp³-hybridized carbons (Fsp3) is 0.280. The van der Waals surface area contributed by atoms with E-state index in [2.05, 4.69) is 10.6 Å². The van der Waals surface area contributed by atoms with Crippen LogP contribution >= 0.6 is 0 Å². The van der Waals surface area contributed by atoms with Gasteiger partial charge >= 0.3 is 35.6 Å². The first-order valence-electron chi connectivity index (χ1n) is 10.5. The molecular formula is C25H26N3NaO5. The molecule has 1 unspecified atom stereocenters. The minimum absolute atomic E-state index is 0. The Labute approximate surface area is 220 Å². The van der Waals surface area contributed by atoms with Crippen molar-refractivity contribution in [3.8, 4) is 0 Å². The number of benzene rings is 2. The van der Waals surface area contributed by atoms with E-state index in [-0.39, 0.29) is 29.6 Å². The van der Waals surface area contributed by atoms with Crippen LogP contribution in [0.5, 0.6) is 0 Å². The van der Waals surface area contributed by atoms with Gasteiger partial charge in [0.15, 0.2) is 11.8 Å². The molecule has 2 aromatic rings. The summed E-state index contributed by atoms with van der Waals surface area (Å²) in [6, 6.07) is 12.2. The van der Waals surface area contributed by atoms with E-state index >= 15 is 0 Å². The number of rotatable bonds is 7. The summed E-state index contributed by atoms with van der Waals surface area (Å²) in [6.07, 6.45) is 1.58. The van der Waals surface area contributed by atoms with E-state index in [0.29, 0.717) is 17.6 Å². The second kappa shape index (κ2) is 12.0. The second-order valence-corrected chi connectivity index (χ2v) is 8.21. The third-order valence-corrected chi connectivity index (χ3v) is 5.47. The molecule has 34 heavy (non-hydrogen) atoms. The van der Waals surface area contributed by atoms with Gasteiger partial charge in [-0.15, -0.1) is 0 Å². The van der Waals surface area contributed by atoms with Gasteiger partial charge in [-0.25, -0.2) is 4.79 Å². The molecule has 9 heteroatoms. The number of carbonyl (C=O) groups is 4. The maximum Gasteiger partial charge on any atom is 1.00 e. The van der Waals surface area contributed by atoms with Crippen LogP contribution < -0.4 is 45.3 Å². The van der Waals surface area contributed by atoms with Crippen molar-refractivity contribution in [3.05, 3.63) is 82.6 Å². The van der Waals surface area contributed by atoms with E-state index in [1.54, 1.807) is 19.1 Å². The number of nitrogens with zero attached hydrogens (tertiary/aromatic N) is 1. The Balaban J connectivity index is 0.00000408. The van der Waals surface area contributed by atoms with Crippen molar-refractivity contribution in [3.63, 3.8) is 0 Å². The number of aryl methyl sites for hydroxylation is 1. The number of likely N-dealkylation sites (N-methyl/N-ethyl adjacent to an activating group) is 1. The van der Waals surface area contributed by atoms with Crippen LogP contribution in [0.4, 0.5) is 4.79 Å². The van der Waals surface area contributed by atoms with Crippen LogP contribution in [0.15, 0.2) is 60.3 Å². The molecule has 3 rings (SSSR count). The Morgan fingerprint density at radius 1 is 1.06 bits per heavy atom. The number of hydrogen-bond acceptors (Lipinski definition) is 5. The fourth-order valence-corrected chi connectivity index (χ4v) is 3.70. The number of Topliss-reactive ketones (excluding diaryl/α,β-unsaturated/α-hetero) is 1. The summed E-state index contributed by atoms with van der Waals surface area (Å²) in [5.74, 6) is -2.42. The van der Waals surface area contributed by atoms with E-state index in [0.717, 1.165) is 16.7 Å². The second-order valence-electron chi connectivity index (χ2n) is 8.21. The van der Waals surface area contributed by atoms with Crippen molar-refractivity contribution in [1.29, 1.82) is 0 Å². The van der Waals surface area contributed by atoms with Crippen molar-refractivity contribution in [2.45, 2.75) is 38.8 Å². The van der Waals surface area contributed by atoms with E-state index in [9.17, 15) is 24.3 Å². The van der Waals surface area contributed by atoms with E-state index in [1.165, 1.54) is 18.1 Å². The van der Waals surface area contributed by atoms with Crippen LogP contribution in [0.2, 0.25) is 0 Å². The molecule has 172 valence electrons. The molecule has 0 spiro atoms. The van der Waals surface area contributed by atoms with E-state index in [4.69, 9.17) is 0 Å². The van der Waals surface area contributed by atoms with Gasteiger partial charge in [-0.1, -0.05) is 54.1 Å². The van der Waals surface area contributed by atoms with Crippen molar-refractivity contribution in [2.24, 2.45) is 0 Å². The van der Waals surface area contributed by atoms with E-state index < -0.39 is 42.2 Å². The molecule has 2 N–H and O–H groups in total. The van der Waals surface area contributed by atoms with Gasteiger partial charge in [0.05, 0.1) is 6.04 Å². The molecule has 2 atom stereocenters. The van der Waals surface area contributed by atoms with Gasteiger partial charge in [-0.3, -0.25) is 9.59 Å². The molecule has 8 nitrogen and oxygen atoms in total. The zero-order chi connectivity index (χ0) is 24.1. The Morgan fingerprint density at radius 3 is 2.38 bits per heavy atom. The summed E-state index contributed by atoms with van der Waals surface area (Å²) < 4.78 is 0. The summed E-state index contributed by atoms with van der Waals surface area (Å²) in [5.41, 5.74) is 4.11. The maximum atomic E-state index is 12.6. The summed E-state index contributed by atoms with van der Waals surface area (Å²) in [5, 5.41) is 16.3.